The molecule has 0 radical (unpaired) electrons. The van der Waals surface area contributed by atoms with Gasteiger partial charge in [-0.3, -0.25) is 4.79 Å². The van der Waals surface area contributed by atoms with Gasteiger partial charge in [0.1, 0.15) is 5.82 Å². The summed E-state index contributed by atoms with van der Waals surface area (Å²) >= 11 is 0. The van der Waals surface area contributed by atoms with Gasteiger partial charge in [-0.1, -0.05) is 36.4 Å². The molecule has 0 spiro atoms. The molecule has 3 rings (SSSR count). The van der Waals surface area contributed by atoms with Crippen LogP contribution in [0.5, 0.6) is 0 Å². The highest BCUT2D eigenvalue weighted by Crippen LogP contribution is 2.18. The summed E-state index contributed by atoms with van der Waals surface area (Å²) in [5.74, 6) is 0.606. The van der Waals surface area contributed by atoms with Crippen LogP contribution in [-0.2, 0) is 6.54 Å². The average Bonchev–Trinajstić information content (AvgIpc) is 2.52. The molecule has 1 N–H and O–H groups in total. The van der Waals surface area contributed by atoms with Gasteiger partial charge in [0.25, 0.3) is 5.91 Å². The quantitative estimate of drug-likeness (QED) is 0.801. The van der Waals surface area contributed by atoms with E-state index in [9.17, 15) is 4.79 Å². The lowest BCUT2D eigenvalue weighted by Gasteiger charge is -2.08. The van der Waals surface area contributed by atoms with Gasteiger partial charge in [-0.2, -0.15) is 0 Å². The van der Waals surface area contributed by atoms with Crippen molar-refractivity contribution in [3.8, 4) is 0 Å². The molecule has 0 saturated carbocycles. The van der Waals surface area contributed by atoms with Gasteiger partial charge in [0.2, 0.25) is 0 Å². The van der Waals surface area contributed by atoms with Crippen LogP contribution in [0.2, 0.25) is 0 Å². The van der Waals surface area contributed by atoms with E-state index in [2.05, 4.69) is 15.3 Å². The highest BCUT2D eigenvalue weighted by Gasteiger charge is 2.09. The zero-order valence-electron chi connectivity index (χ0n) is 11.7. The summed E-state index contributed by atoms with van der Waals surface area (Å²) < 4.78 is 0. The first-order valence-corrected chi connectivity index (χ1v) is 6.78. The van der Waals surface area contributed by atoms with E-state index in [0.29, 0.717) is 17.9 Å². The molecule has 1 aromatic heterocycles. The third-order valence-corrected chi connectivity index (χ3v) is 3.30. The van der Waals surface area contributed by atoms with Crippen molar-refractivity contribution in [3.63, 3.8) is 0 Å². The first-order valence-electron chi connectivity index (χ1n) is 6.78. The largest absolute Gasteiger partial charge is 0.346 e. The first-order chi connectivity index (χ1) is 10.2. The molecule has 0 aliphatic carbocycles. The summed E-state index contributed by atoms with van der Waals surface area (Å²) in [5, 5.41) is 4.92. The third-order valence-electron chi connectivity index (χ3n) is 3.30. The Morgan fingerprint density at radius 3 is 2.76 bits per heavy atom. The van der Waals surface area contributed by atoms with Gasteiger partial charge in [-0.15, -0.1) is 0 Å². The molecule has 0 fully saturated rings. The normalized spacial score (nSPS) is 10.5. The minimum Gasteiger partial charge on any atom is -0.346 e. The summed E-state index contributed by atoms with van der Waals surface area (Å²) in [6.07, 6.45) is 1.70. The number of aryl methyl sites for hydroxylation is 1. The predicted molar refractivity (Wildman–Crippen MR) is 81.9 cm³/mol. The van der Waals surface area contributed by atoms with Crippen molar-refractivity contribution >= 4 is 16.7 Å². The number of hydrogen-bond donors (Lipinski definition) is 1. The van der Waals surface area contributed by atoms with Crippen LogP contribution in [0.15, 0.2) is 54.7 Å². The zero-order valence-corrected chi connectivity index (χ0v) is 11.7. The smallest absolute Gasteiger partial charge is 0.252 e. The van der Waals surface area contributed by atoms with E-state index in [1.54, 1.807) is 12.3 Å². The number of fused-ring (bicyclic) bond motifs is 1. The maximum Gasteiger partial charge on any atom is 0.252 e. The van der Waals surface area contributed by atoms with Crippen LogP contribution in [0.4, 0.5) is 0 Å². The van der Waals surface area contributed by atoms with Gasteiger partial charge in [0, 0.05) is 11.8 Å². The average molecular weight is 277 g/mol. The van der Waals surface area contributed by atoms with Crippen LogP contribution in [0, 0.1) is 6.92 Å². The molecule has 4 nitrogen and oxygen atoms in total. The van der Waals surface area contributed by atoms with E-state index in [4.69, 9.17) is 0 Å². The second kappa shape index (κ2) is 5.71. The predicted octanol–water partition coefficient (Wildman–Crippen LogP) is 2.87. The Kier molecular flexibility index (Phi) is 3.60. The number of benzene rings is 2. The van der Waals surface area contributed by atoms with Crippen molar-refractivity contribution in [3.05, 3.63) is 71.8 Å². The number of carbonyl (C=O) groups is 1. The van der Waals surface area contributed by atoms with E-state index in [1.165, 1.54) is 0 Å². The van der Waals surface area contributed by atoms with Gasteiger partial charge in [0.15, 0.2) is 0 Å². The van der Waals surface area contributed by atoms with Gasteiger partial charge < -0.3 is 5.32 Å². The van der Waals surface area contributed by atoms with E-state index in [0.717, 1.165) is 16.5 Å². The number of rotatable bonds is 3. The second-order valence-corrected chi connectivity index (χ2v) is 4.80. The van der Waals surface area contributed by atoms with Gasteiger partial charge in [-0.05, 0) is 29.8 Å². The van der Waals surface area contributed by atoms with Crippen molar-refractivity contribution in [2.75, 3.05) is 0 Å². The van der Waals surface area contributed by atoms with Crippen LogP contribution >= 0.6 is 0 Å². The Morgan fingerprint density at radius 2 is 1.90 bits per heavy atom. The van der Waals surface area contributed by atoms with Gasteiger partial charge in [-0.25, -0.2) is 9.97 Å². The second-order valence-electron chi connectivity index (χ2n) is 4.80. The lowest BCUT2D eigenvalue weighted by molar-refractivity contribution is 0.0952. The number of amides is 1. The van der Waals surface area contributed by atoms with Crippen molar-refractivity contribution in [1.29, 1.82) is 0 Å². The van der Waals surface area contributed by atoms with Crippen molar-refractivity contribution in [2.24, 2.45) is 0 Å². The Morgan fingerprint density at radius 1 is 1.10 bits per heavy atom. The Hall–Kier alpha value is -2.75. The molecule has 0 aliphatic rings. The molecule has 0 atom stereocenters. The minimum atomic E-state index is -0.0944. The maximum absolute atomic E-state index is 12.4. The van der Waals surface area contributed by atoms with E-state index >= 15 is 0 Å². The molecule has 3 aromatic rings. The fraction of sp³-hybridized carbons (Fsp3) is 0.118. The highest BCUT2D eigenvalue weighted by molar-refractivity contribution is 6.06. The lowest BCUT2D eigenvalue weighted by Crippen LogP contribution is -2.23. The Labute approximate surface area is 122 Å². The topological polar surface area (TPSA) is 54.9 Å². The molecule has 0 unspecified atom stereocenters. The Balaban J connectivity index is 1.81. The molecular weight excluding hydrogens is 262 g/mol. The van der Waals surface area contributed by atoms with Crippen LogP contribution in [0.25, 0.3) is 10.8 Å². The van der Waals surface area contributed by atoms with Crippen LogP contribution in [-0.4, -0.2) is 15.9 Å². The summed E-state index contributed by atoms with van der Waals surface area (Å²) in [7, 11) is 0. The van der Waals surface area contributed by atoms with Crippen molar-refractivity contribution in [1.82, 2.24) is 15.3 Å². The van der Waals surface area contributed by atoms with Crippen molar-refractivity contribution < 1.29 is 4.79 Å². The molecule has 104 valence electrons. The maximum atomic E-state index is 12.4. The molecule has 1 amide bonds. The van der Waals surface area contributed by atoms with Crippen LogP contribution in [0.3, 0.4) is 0 Å². The standard InChI is InChI=1S/C17H15N3O/c1-12-18-10-9-14(20-12)11-19-17(21)16-8-4-6-13-5-2-3-7-15(13)16/h2-10H,11H2,1H3,(H,19,21). The van der Waals surface area contributed by atoms with E-state index in [1.807, 2.05) is 49.4 Å². The van der Waals surface area contributed by atoms with Gasteiger partial charge in [0.05, 0.1) is 12.2 Å². The van der Waals surface area contributed by atoms with E-state index < -0.39 is 0 Å². The molecule has 0 bridgehead atoms. The van der Waals surface area contributed by atoms with Crippen molar-refractivity contribution in [2.45, 2.75) is 13.5 Å². The zero-order chi connectivity index (χ0) is 14.7. The first kappa shape index (κ1) is 13.2. The molecule has 4 heteroatoms. The lowest BCUT2D eigenvalue weighted by atomic mass is 10.0. The number of nitrogens with one attached hydrogen (secondary N) is 1. The fourth-order valence-corrected chi connectivity index (χ4v) is 2.29. The molecule has 2 aromatic carbocycles. The minimum absolute atomic E-state index is 0.0944. The SMILES string of the molecule is Cc1nccc(CNC(=O)c2cccc3ccccc23)n1. The molecular formula is C17H15N3O. The summed E-state index contributed by atoms with van der Waals surface area (Å²) in [5.41, 5.74) is 1.48. The highest BCUT2D eigenvalue weighted by atomic mass is 16.1. The fourth-order valence-electron chi connectivity index (χ4n) is 2.29. The van der Waals surface area contributed by atoms with E-state index in [-0.39, 0.29) is 5.91 Å². The summed E-state index contributed by atoms with van der Waals surface area (Å²) in [6.45, 7) is 2.22. The number of hydrogen-bond acceptors (Lipinski definition) is 3. The molecule has 21 heavy (non-hydrogen) atoms. The van der Waals surface area contributed by atoms with Gasteiger partial charge >= 0.3 is 0 Å². The molecule has 1 heterocycles. The van der Waals surface area contributed by atoms with Crippen LogP contribution < -0.4 is 5.32 Å². The summed E-state index contributed by atoms with van der Waals surface area (Å²) in [4.78, 5) is 20.7. The monoisotopic (exact) mass is 277 g/mol. The molecule has 0 aliphatic heterocycles. The van der Waals surface area contributed by atoms with Crippen LogP contribution in [0.1, 0.15) is 21.9 Å². The number of carbonyl (C=O) groups excluding carboxylic acids is 1. The third kappa shape index (κ3) is 2.89. The number of aromatic nitrogens is 2. The molecule has 0 saturated heterocycles. The number of nitrogens with zero attached hydrogens (tertiary/aromatic N) is 2. The Bertz CT molecular complexity index is 793. The summed E-state index contributed by atoms with van der Waals surface area (Å²) in [6, 6.07) is 15.4.